The molecule has 0 heteroatoms. The highest BCUT2D eigenvalue weighted by Gasteiger charge is 1.73. The lowest BCUT2D eigenvalue weighted by Crippen LogP contribution is -1.63. The SMILES string of the molecule is [C]1=C\C/C=C/C=C\C/C=C/1. The van der Waals surface area contributed by atoms with E-state index in [1.165, 1.54) is 0 Å². The fraction of sp³-hybridized carbons (Fsp3) is 0.200. The Hall–Kier alpha value is -1.04. The van der Waals surface area contributed by atoms with Crippen LogP contribution in [0, 0.1) is 6.08 Å². The van der Waals surface area contributed by atoms with E-state index in [2.05, 4.69) is 36.5 Å². The van der Waals surface area contributed by atoms with E-state index in [1.807, 2.05) is 12.2 Å². The summed E-state index contributed by atoms with van der Waals surface area (Å²) >= 11 is 0. The predicted octanol–water partition coefficient (Wildman–Crippen LogP) is 2.81. The van der Waals surface area contributed by atoms with Crippen molar-refractivity contribution >= 4 is 0 Å². The minimum atomic E-state index is 0.981. The van der Waals surface area contributed by atoms with E-state index in [4.69, 9.17) is 0 Å². The van der Waals surface area contributed by atoms with E-state index in [-0.39, 0.29) is 0 Å². The van der Waals surface area contributed by atoms with Crippen molar-refractivity contribution in [2.24, 2.45) is 0 Å². The van der Waals surface area contributed by atoms with Crippen LogP contribution in [0.3, 0.4) is 0 Å². The molecule has 0 bridgehead atoms. The Bertz CT molecular complexity index is 138. The van der Waals surface area contributed by atoms with Gasteiger partial charge < -0.3 is 0 Å². The van der Waals surface area contributed by atoms with Gasteiger partial charge in [-0.25, -0.2) is 0 Å². The number of hydrogen-bond donors (Lipinski definition) is 0. The summed E-state index contributed by atoms with van der Waals surface area (Å²) in [5, 5.41) is 0. The molecule has 51 valence electrons. The van der Waals surface area contributed by atoms with E-state index in [0.717, 1.165) is 12.8 Å². The normalized spacial score (nSPS) is 30.4. The molecule has 0 nitrogen and oxygen atoms in total. The van der Waals surface area contributed by atoms with Crippen molar-refractivity contribution < 1.29 is 0 Å². The molecule has 0 atom stereocenters. The first kappa shape index (κ1) is 7.07. The molecule has 0 heterocycles. The van der Waals surface area contributed by atoms with Crippen LogP contribution in [0.1, 0.15) is 12.8 Å². The molecule has 0 aromatic rings. The second-order valence-electron chi connectivity index (χ2n) is 2.10. The van der Waals surface area contributed by atoms with Gasteiger partial charge in [-0.05, 0) is 18.9 Å². The van der Waals surface area contributed by atoms with Gasteiger partial charge in [0.05, 0.1) is 0 Å². The molecule has 1 aliphatic carbocycles. The Kier molecular flexibility index (Phi) is 3.40. The van der Waals surface area contributed by atoms with Crippen molar-refractivity contribution in [2.45, 2.75) is 12.8 Å². The molecule has 1 aliphatic rings. The molecule has 10 heavy (non-hydrogen) atoms. The van der Waals surface area contributed by atoms with Gasteiger partial charge in [-0.15, -0.1) is 0 Å². The third-order valence-corrected chi connectivity index (χ3v) is 1.24. The molecule has 1 radical (unpaired) electrons. The molecule has 0 saturated heterocycles. The van der Waals surface area contributed by atoms with Crippen LogP contribution in [0.4, 0.5) is 0 Å². The summed E-state index contributed by atoms with van der Waals surface area (Å²) < 4.78 is 0. The van der Waals surface area contributed by atoms with Crippen molar-refractivity contribution in [1.29, 1.82) is 0 Å². The van der Waals surface area contributed by atoms with Gasteiger partial charge in [-0.2, -0.15) is 0 Å². The lowest BCUT2D eigenvalue weighted by molar-refractivity contribution is 1.34. The highest BCUT2D eigenvalue weighted by atomic mass is 13.8. The van der Waals surface area contributed by atoms with Gasteiger partial charge in [0.1, 0.15) is 0 Å². The largest absolute Gasteiger partial charge is 0.0807 e. The maximum Gasteiger partial charge on any atom is -0.0157 e. The second-order valence-corrected chi connectivity index (χ2v) is 2.10. The standard InChI is InChI=1S/C10H11/c1-2-4-6-8-10-9-7-5-3-1/h1-4,7-9H,5-6H2/b3-1-,4-2+,9-7+,10-8?. The topological polar surface area (TPSA) is 0 Å². The highest BCUT2D eigenvalue weighted by Crippen LogP contribution is 1.93. The molecular weight excluding hydrogens is 120 g/mol. The molecule has 0 N–H and O–H groups in total. The molecule has 0 amide bonds. The molecule has 0 aliphatic heterocycles. The first-order valence-corrected chi connectivity index (χ1v) is 3.54. The zero-order chi connectivity index (χ0) is 7.07. The van der Waals surface area contributed by atoms with Crippen molar-refractivity contribution in [3.63, 3.8) is 0 Å². The van der Waals surface area contributed by atoms with Crippen molar-refractivity contribution in [2.75, 3.05) is 0 Å². The Morgan fingerprint density at radius 3 is 2.60 bits per heavy atom. The Morgan fingerprint density at radius 1 is 0.900 bits per heavy atom. The van der Waals surface area contributed by atoms with Crippen LogP contribution >= 0.6 is 0 Å². The fourth-order valence-electron chi connectivity index (χ4n) is 0.733. The van der Waals surface area contributed by atoms with Crippen molar-refractivity contribution in [3.8, 4) is 0 Å². The fourth-order valence-corrected chi connectivity index (χ4v) is 0.733. The molecular formula is C10H11. The van der Waals surface area contributed by atoms with Crippen LogP contribution < -0.4 is 0 Å². The van der Waals surface area contributed by atoms with Gasteiger partial charge in [0.2, 0.25) is 0 Å². The van der Waals surface area contributed by atoms with Crippen LogP contribution in [-0.4, -0.2) is 0 Å². The monoisotopic (exact) mass is 131 g/mol. The van der Waals surface area contributed by atoms with E-state index in [9.17, 15) is 0 Å². The van der Waals surface area contributed by atoms with Gasteiger partial charge >= 0.3 is 0 Å². The van der Waals surface area contributed by atoms with Crippen LogP contribution in [0.2, 0.25) is 0 Å². The lowest BCUT2D eigenvalue weighted by Gasteiger charge is -1.83. The zero-order valence-corrected chi connectivity index (χ0v) is 5.96. The molecule has 0 saturated carbocycles. The van der Waals surface area contributed by atoms with Gasteiger partial charge in [0, 0.05) is 0 Å². The van der Waals surface area contributed by atoms with Gasteiger partial charge in [0.15, 0.2) is 0 Å². The average Bonchev–Trinajstić information content (AvgIpc) is 2.01. The van der Waals surface area contributed by atoms with Gasteiger partial charge in [-0.3, -0.25) is 0 Å². The first-order valence-electron chi connectivity index (χ1n) is 3.54. The Morgan fingerprint density at radius 2 is 1.70 bits per heavy atom. The average molecular weight is 131 g/mol. The predicted molar refractivity (Wildman–Crippen MR) is 44.5 cm³/mol. The first-order chi connectivity index (χ1) is 5.00. The quantitative estimate of drug-likeness (QED) is 0.474. The zero-order valence-electron chi connectivity index (χ0n) is 5.96. The molecule has 0 aromatic heterocycles. The Labute approximate surface area is 62.3 Å². The van der Waals surface area contributed by atoms with Crippen LogP contribution in [0.25, 0.3) is 0 Å². The van der Waals surface area contributed by atoms with Crippen LogP contribution in [0.5, 0.6) is 0 Å². The van der Waals surface area contributed by atoms with Crippen LogP contribution in [-0.2, 0) is 0 Å². The summed E-state index contributed by atoms with van der Waals surface area (Å²) in [6.07, 6.45) is 19.5. The summed E-state index contributed by atoms with van der Waals surface area (Å²) in [7, 11) is 0. The van der Waals surface area contributed by atoms with Gasteiger partial charge in [-0.1, -0.05) is 42.5 Å². The number of rotatable bonds is 0. The minimum absolute atomic E-state index is 0.981. The summed E-state index contributed by atoms with van der Waals surface area (Å²) in [5.74, 6) is 0. The summed E-state index contributed by atoms with van der Waals surface area (Å²) in [5.41, 5.74) is 0. The van der Waals surface area contributed by atoms with Crippen molar-refractivity contribution in [3.05, 3.63) is 48.6 Å². The molecule has 0 fully saturated rings. The molecule has 0 spiro atoms. The van der Waals surface area contributed by atoms with E-state index < -0.39 is 0 Å². The maximum absolute atomic E-state index is 3.06. The second kappa shape index (κ2) is 4.80. The maximum atomic E-state index is 3.06. The third kappa shape index (κ3) is 3.08. The highest BCUT2D eigenvalue weighted by molar-refractivity contribution is 5.09. The number of hydrogen-bond acceptors (Lipinski definition) is 0. The van der Waals surface area contributed by atoms with Gasteiger partial charge in [0.25, 0.3) is 0 Å². The third-order valence-electron chi connectivity index (χ3n) is 1.24. The summed E-state index contributed by atoms with van der Waals surface area (Å²) in [4.78, 5) is 0. The molecule has 0 aromatic carbocycles. The number of allylic oxidation sites excluding steroid dienone is 8. The minimum Gasteiger partial charge on any atom is -0.0807 e. The summed E-state index contributed by atoms with van der Waals surface area (Å²) in [6, 6.07) is 0. The molecule has 0 unspecified atom stereocenters. The summed E-state index contributed by atoms with van der Waals surface area (Å²) in [6.45, 7) is 0. The van der Waals surface area contributed by atoms with E-state index in [1.54, 1.807) is 0 Å². The van der Waals surface area contributed by atoms with Crippen molar-refractivity contribution in [1.82, 2.24) is 0 Å². The van der Waals surface area contributed by atoms with Crippen LogP contribution in [0.15, 0.2) is 42.5 Å². The molecule has 1 rings (SSSR count). The Balaban J connectivity index is 2.50. The lowest BCUT2D eigenvalue weighted by atomic mass is 10.2. The van der Waals surface area contributed by atoms with E-state index >= 15 is 0 Å². The van der Waals surface area contributed by atoms with E-state index in [0.29, 0.717) is 0 Å². The smallest absolute Gasteiger partial charge is 0.0157 e.